The maximum Gasteiger partial charge on any atom is 0.169 e. The molecule has 2 heterocycles. The smallest absolute Gasteiger partial charge is 0.169 e. The van der Waals surface area contributed by atoms with Crippen molar-refractivity contribution in [3.8, 4) is 0 Å². The van der Waals surface area contributed by atoms with Gasteiger partial charge in [0.2, 0.25) is 0 Å². The molecule has 0 saturated carbocycles. The fourth-order valence-electron chi connectivity index (χ4n) is 3.82. The van der Waals surface area contributed by atoms with Crippen molar-refractivity contribution in [3.63, 3.8) is 0 Å². The van der Waals surface area contributed by atoms with Crippen molar-refractivity contribution < 1.29 is 18.9 Å². The summed E-state index contributed by atoms with van der Waals surface area (Å²) >= 11 is 0. The lowest BCUT2D eigenvalue weighted by molar-refractivity contribution is -0.323. The van der Waals surface area contributed by atoms with E-state index in [0.29, 0.717) is 5.92 Å². The molecular formula is C17H32O4. The second kappa shape index (κ2) is 7.40. The van der Waals surface area contributed by atoms with E-state index in [1.807, 2.05) is 0 Å². The van der Waals surface area contributed by atoms with Gasteiger partial charge in [0, 0.05) is 20.1 Å². The van der Waals surface area contributed by atoms with Gasteiger partial charge in [0.1, 0.15) is 6.10 Å². The lowest BCUT2D eigenvalue weighted by Gasteiger charge is -2.45. The molecule has 2 aliphatic heterocycles. The standard InChI is InChI=1S/C17H32O4/c1-6-17(11-12(2)10-13(3)20-17)21-16-14(4)19-9-7-8-15(16)18-5/h12-16H,6-11H2,1-5H3. The van der Waals surface area contributed by atoms with Crippen molar-refractivity contribution in [2.75, 3.05) is 13.7 Å². The van der Waals surface area contributed by atoms with E-state index in [1.54, 1.807) is 7.11 Å². The number of hydrogen-bond acceptors (Lipinski definition) is 4. The molecule has 21 heavy (non-hydrogen) atoms. The summed E-state index contributed by atoms with van der Waals surface area (Å²) < 4.78 is 24.3. The Bertz CT molecular complexity index is 310. The Morgan fingerprint density at radius 1 is 1.24 bits per heavy atom. The van der Waals surface area contributed by atoms with Crippen LogP contribution in [0.3, 0.4) is 0 Å². The first kappa shape index (κ1) is 17.2. The van der Waals surface area contributed by atoms with Crippen molar-refractivity contribution in [1.82, 2.24) is 0 Å². The van der Waals surface area contributed by atoms with Gasteiger partial charge < -0.3 is 18.9 Å². The minimum Gasteiger partial charge on any atom is -0.379 e. The lowest BCUT2D eigenvalue weighted by atomic mass is 9.90. The van der Waals surface area contributed by atoms with Crippen molar-refractivity contribution in [2.45, 2.75) is 90.0 Å². The van der Waals surface area contributed by atoms with Crippen molar-refractivity contribution >= 4 is 0 Å². The van der Waals surface area contributed by atoms with E-state index in [2.05, 4.69) is 27.7 Å². The summed E-state index contributed by atoms with van der Waals surface area (Å²) in [5.74, 6) is 0.136. The first-order chi connectivity index (χ1) is 9.99. The molecule has 0 aromatic rings. The summed E-state index contributed by atoms with van der Waals surface area (Å²) in [6, 6.07) is 0. The van der Waals surface area contributed by atoms with Crippen LogP contribution in [0.15, 0.2) is 0 Å². The van der Waals surface area contributed by atoms with Gasteiger partial charge >= 0.3 is 0 Å². The highest BCUT2D eigenvalue weighted by molar-refractivity contribution is 4.86. The lowest BCUT2D eigenvalue weighted by Crippen LogP contribution is -2.51. The van der Waals surface area contributed by atoms with Gasteiger partial charge in [-0.3, -0.25) is 0 Å². The van der Waals surface area contributed by atoms with Crippen LogP contribution in [0, 0.1) is 5.92 Å². The molecule has 0 amide bonds. The van der Waals surface area contributed by atoms with Crippen LogP contribution in [0.4, 0.5) is 0 Å². The molecule has 6 unspecified atom stereocenters. The maximum absolute atomic E-state index is 6.53. The summed E-state index contributed by atoms with van der Waals surface area (Å²) in [5, 5.41) is 0. The third kappa shape index (κ3) is 4.19. The summed E-state index contributed by atoms with van der Waals surface area (Å²) in [6.45, 7) is 9.45. The van der Waals surface area contributed by atoms with Crippen molar-refractivity contribution in [3.05, 3.63) is 0 Å². The highest BCUT2D eigenvalue weighted by Crippen LogP contribution is 2.38. The number of hydrogen-bond donors (Lipinski definition) is 0. The quantitative estimate of drug-likeness (QED) is 0.796. The van der Waals surface area contributed by atoms with Crippen LogP contribution in [-0.2, 0) is 18.9 Å². The predicted molar refractivity (Wildman–Crippen MR) is 82.3 cm³/mol. The Labute approximate surface area is 129 Å². The minimum atomic E-state index is -0.486. The SMILES string of the molecule is CCC1(OC2C(C)OCCCC2OC)CC(C)CC(C)O1. The molecule has 2 aliphatic rings. The molecule has 0 aliphatic carbocycles. The molecule has 124 valence electrons. The van der Waals surface area contributed by atoms with E-state index < -0.39 is 5.79 Å². The van der Waals surface area contributed by atoms with Crippen LogP contribution in [-0.4, -0.2) is 43.9 Å². The number of methoxy groups -OCH3 is 1. The van der Waals surface area contributed by atoms with E-state index in [1.165, 1.54) is 0 Å². The largest absolute Gasteiger partial charge is 0.379 e. The van der Waals surface area contributed by atoms with E-state index >= 15 is 0 Å². The third-order valence-corrected chi connectivity index (χ3v) is 4.84. The molecule has 0 bridgehead atoms. The molecule has 0 aromatic heterocycles. The van der Waals surface area contributed by atoms with Gasteiger partial charge in [-0.15, -0.1) is 0 Å². The van der Waals surface area contributed by atoms with Gasteiger partial charge in [-0.05, 0) is 45.4 Å². The molecule has 4 heteroatoms. The Balaban J connectivity index is 2.14. The van der Waals surface area contributed by atoms with Gasteiger partial charge in [0.15, 0.2) is 5.79 Å². The van der Waals surface area contributed by atoms with Gasteiger partial charge in [-0.2, -0.15) is 0 Å². The van der Waals surface area contributed by atoms with Crippen LogP contribution >= 0.6 is 0 Å². The fraction of sp³-hybridized carbons (Fsp3) is 1.00. The van der Waals surface area contributed by atoms with E-state index in [4.69, 9.17) is 18.9 Å². The van der Waals surface area contributed by atoms with Gasteiger partial charge in [0.05, 0.1) is 18.3 Å². The Kier molecular flexibility index (Phi) is 6.06. The Hall–Kier alpha value is -0.160. The number of ether oxygens (including phenoxy) is 4. The molecule has 2 rings (SSSR count). The Morgan fingerprint density at radius 2 is 2.00 bits per heavy atom. The van der Waals surface area contributed by atoms with Crippen LogP contribution in [0.2, 0.25) is 0 Å². The summed E-state index contributed by atoms with van der Waals surface area (Å²) in [4.78, 5) is 0. The Morgan fingerprint density at radius 3 is 2.62 bits per heavy atom. The summed E-state index contributed by atoms with van der Waals surface area (Å²) in [5.41, 5.74) is 0. The summed E-state index contributed by atoms with van der Waals surface area (Å²) in [6.07, 6.45) is 5.24. The average molecular weight is 300 g/mol. The van der Waals surface area contributed by atoms with Crippen LogP contribution in [0.5, 0.6) is 0 Å². The summed E-state index contributed by atoms with van der Waals surface area (Å²) in [7, 11) is 1.77. The number of rotatable bonds is 4. The zero-order valence-corrected chi connectivity index (χ0v) is 14.3. The van der Waals surface area contributed by atoms with Crippen molar-refractivity contribution in [2.24, 2.45) is 5.92 Å². The third-order valence-electron chi connectivity index (χ3n) is 4.84. The zero-order chi connectivity index (χ0) is 15.5. The predicted octanol–water partition coefficient (Wildman–Crippen LogP) is 3.53. The second-order valence-electron chi connectivity index (χ2n) is 6.81. The van der Waals surface area contributed by atoms with E-state index in [9.17, 15) is 0 Å². The molecule has 6 atom stereocenters. The van der Waals surface area contributed by atoms with Gasteiger partial charge in [-0.1, -0.05) is 13.8 Å². The minimum absolute atomic E-state index is 0.0389. The fourth-order valence-corrected chi connectivity index (χ4v) is 3.82. The maximum atomic E-state index is 6.53. The molecule has 0 N–H and O–H groups in total. The van der Waals surface area contributed by atoms with E-state index in [-0.39, 0.29) is 24.4 Å². The van der Waals surface area contributed by atoms with Crippen LogP contribution < -0.4 is 0 Å². The van der Waals surface area contributed by atoms with Gasteiger partial charge in [-0.25, -0.2) is 0 Å². The highest BCUT2D eigenvalue weighted by atomic mass is 16.7. The molecule has 0 spiro atoms. The molecule has 0 aromatic carbocycles. The zero-order valence-electron chi connectivity index (χ0n) is 14.3. The highest BCUT2D eigenvalue weighted by Gasteiger charge is 2.44. The first-order valence-corrected chi connectivity index (χ1v) is 8.49. The molecule has 0 radical (unpaired) electrons. The van der Waals surface area contributed by atoms with Crippen molar-refractivity contribution in [1.29, 1.82) is 0 Å². The first-order valence-electron chi connectivity index (χ1n) is 8.49. The van der Waals surface area contributed by atoms with Crippen LogP contribution in [0.25, 0.3) is 0 Å². The normalized spacial score (nSPS) is 45.3. The second-order valence-corrected chi connectivity index (χ2v) is 6.81. The molecule has 4 nitrogen and oxygen atoms in total. The van der Waals surface area contributed by atoms with Gasteiger partial charge in [0.25, 0.3) is 0 Å². The topological polar surface area (TPSA) is 36.9 Å². The average Bonchev–Trinajstić information content (AvgIpc) is 2.60. The molecule has 2 saturated heterocycles. The monoisotopic (exact) mass is 300 g/mol. The molecule has 2 fully saturated rings. The van der Waals surface area contributed by atoms with E-state index in [0.717, 1.165) is 38.7 Å². The van der Waals surface area contributed by atoms with Crippen LogP contribution in [0.1, 0.15) is 59.8 Å². The molecular weight excluding hydrogens is 268 g/mol.